The molecule has 0 rings (SSSR count). The van der Waals surface area contributed by atoms with Crippen LogP contribution in [0.4, 0.5) is 0 Å². The highest BCUT2D eigenvalue weighted by molar-refractivity contribution is 5.76. The number of ether oxygens (including phenoxy) is 1. The van der Waals surface area contributed by atoms with E-state index in [-0.39, 0.29) is 11.4 Å². The molecule has 0 spiro atoms. The first kappa shape index (κ1) is 31.5. The van der Waals surface area contributed by atoms with E-state index in [1.807, 2.05) is 0 Å². The van der Waals surface area contributed by atoms with Crippen LogP contribution in [0.5, 0.6) is 0 Å². The number of rotatable bonds is 25. The fraction of sp³-hybridized carbons (Fsp3) is 0.967. The maximum absolute atomic E-state index is 12.9. The molecule has 0 N–H and O–H groups in total. The van der Waals surface area contributed by atoms with Crippen molar-refractivity contribution in [2.75, 3.05) is 6.61 Å². The topological polar surface area (TPSA) is 26.3 Å². The normalized spacial score (nSPS) is 13.2. The van der Waals surface area contributed by atoms with Crippen LogP contribution in [-0.4, -0.2) is 12.6 Å². The summed E-state index contributed by atoms with van der Waals surface area (Å²) in [6.07, 6.45) is 29.4. The zero-order valence-corrected chi connectivity index (χ0v) is 22.8. The first-order valence-corrected chi connectivity index (χ1v) is 14.8. The van der Waals surface area contributed by atoms with Crippen LogP contribution in [0.2, 0.25) is 0 Å². The number of hydrogen-bond acceptors (Lipinski definition) is 2. The van der Waals surface area contributed by atoms with E-state index in [9.17, 15) is 4.79 Å². The average Bonchev–Trinajstić information content (AvgIpc) is 2.80. The standard InChI is InChI=1S/C30H60O2/c1-5-8-11-13-15-17-18-20-22-24-27-30(4,26-10-7-3)29(31)32-28-25-23-21-19-16-14-12-9-6-2/h5-28H2,1-4H3. The smallest absolute Gasteiger partial charge is 0.311 e. The predicted octanol–water partition coefficient (Wildman–Crippen LogP) is 10.6. The highest BCUT2D eigenvalue weighted by Gasteiger charge is 2.33. The van der Waals surface area contributed by atoms with Gasteiger partial charge in [0.2, 0.25) is 0 Å². The summed E-state index contributed by atoms with van der Waals surface area (Å²) >= 11 is 0. The summed E-state index contributed by atoms with van der Waals surface area (Å²) in [5, 5.41) is 0. The molecule has 0 amide bonds. The third kappa shape index (κ3) is 19.0. The maximum atomic E-state index is 12.9. The largest absolute Gasteiger partial charge is 0.465 e. The molecule has 1 unspecified atom stereocenters. The van der Waals surface area contributed by atoms with Crippen molar-refractivity contribution in [1.29, 1.82) is 0 Å². The Labute approximate surface area is 203 Å². The van der Waals surface area contributed by atoms with Crippen LogP contribution >= 0.6 is 0 Å². The molecule has 0 radical (unpaired) electrons. The van der Waals surface area contributed by atoms with Gasteiger partial charge in [-0.05, 0) is 26.2 Å². The minimum absolute atomic E-state index is 0.0708. The zero-order valence-electron chi connectivity index (χ0n) is 22.8. The van der Waals surface area contributed by atoms with E-state index in [0.717, 1.165) is 32.1 Å². The molecule has 0 aliphatic heterocycles. The second-order valence-electron chi connectivity index (χ2n) is 10.6. The molecule has 2 heteroatoms. The number of carbonyl (C=O) groups is 1. The van der Waals surface area contributed by atoms with Gasteiger partial charge in [0, 0.05) is 0 Å². The summed E-state index contributed by atoms with van der Waals surface area (Å²) in [6.45, 7) is 9.55. The van der Waals surface area contributed by atoms with E-state index in [2.05, 4.69) is 27.7 Å². The molecule has 0 bridgehead atoms. The van der Waals surface area contributed by atoms with E-state index in [0.29, 0.717) is 6.61 Å². The van der Waals surface area contributed by atoms with Crippen molar-refractivity contribution in [3.8, 4) is 0 Å². The molecule has 32 heavy (non-hydrogen) atoms. The minimum Gasteiger partial charge on any atom is -0.465 e. The summed E-state index contributed by atoms with van der Waals surface area (Å²) in [4.78, 5) is 12.9. The molecule has 1 atom stereocenters. The Morgan fingerprint density at radius 3 is 1.28 bits per heavy atom. The van der Waals surface area contributed by atoms with Crippen LogP contribution in [0, 0.1) is 5.41 Å². The molecule has 0 aromatic rings. The molecule has 0 aromatic heterocycles. The van der Waals surface area contributed by atoms with E-state index in [4.69, 9.17) is 4.74 Å². The second kappa shape index (κ2) is 23.6. The monoisotopic (exact) mass is 452 g/mol. The first-order chi connectivity index (χ1) is 15.6. The quantitative estimate of drug-likeness (QED) is 0.102. The van der Waals surface area contributed by atoms with Crippen LogP contribution in [0.15, 0.2) is 0 Å². The van der Waals surface area contributed by atoms with E-state index >= 15 is 0 Å². The molecular formula is C30H60O2. The van der Waals surface area contributed by atoms with Crippen LogP contribution in [0.25, 0.3) is 0 Å². The molecule has 2 nitrogen and oxygen atoms in total. The first-order valence-electron chi connectivity index (χ1n) is 14.8. The summed E-state index contributed by atoms with van der Waals surface area (Å²) in [7, 11) is 0. The van der Waals surface area contributed by atoms with Crippen molar-refractivity contribution in [2.24, 2.45) is 5.41 Å². The number of unbranched alkanes of at least 4 members (excludes halogenated alkanes) is 18. The Hall–Kier alpha value is -0.530. The van der Waals surface area contributed by atoms with Crippen molar-refractivity contribution >= 4 is 5.97 Å². The van der Waals surface area contributed by atoms with Crippen molar-refractivity contribution in [3.05, 3.63) is 0 Å². The molecule has 0 aromatic carbocycles. The van der Waals surface area contributed by atoms with Crippen molar-refractivity contribution < 1.29 is 9.53 Å². The highest BCUT2D eigenvalue weighted by Crippen LogP contribution is 2.32. The molecule has 0 heterocycles. The Balaban J connectivity index is 3.91. The Morgan fingerprint density at radius 1 is 0.500 bits per heavy atom. The lowest BCUT2D eigenvalue weighted by Gasteiger charge is -2.27. The third-order valence-electron chi connectivity index (χ3n) is 7.14. The average molecular weight is 453 g/mol. The molecule has 0 aliphatic rings. The lowest BCUT2D eigenvalue weighted by atomic mass is 9.80. The van der Waals surface area contributed by atoms with Gasteiger partial charge in [0.1, 0.15) is 0 Å². The predicted molar refractivity (Wildman–Crippen MR) is 142 cm³/mol. The highest BCUT2D eigenvalue weighted by atomic mass is 16.5. The van der Waals surface area contributed by atoms with Crippen molar-refractivity contribution in [2.45, 2.75) is 175 Å². The van der Waals surface area contributed by atoms with E-state index < -0.39 is 0 Å². The van der Waals surface area contributed by atoms with Gasteiger partial charge in [0.15, 0.2) is 0 Å². The Bertz CT molecular complexity index is 392. The minimum atomic E-state index is -0.268. The van der Waals surface area contributed by atoms with Crippen LogP contribution in [0.3, 0.4) is 0 Å². The summed E-state index contributed by atoms with van der Waals surface area (Å²) in [6, 6.07) is 0. The van der Waals surface area contributed by atoms with Gasteiger partial charge in [-0.3, -0.25) is 4.79 Å². The molecule has 0 fully saturated rings. The summed E-state index contributed by atoms with van der Waals surface area (Å²) < 4.78 is 5.77. The van der Waals surface area contributed by atoms with Crippen LogP contribution in [0.1, 0.15) is 175 Å². The lowest BCUT2D eigenvalue weighted by Crippen LogP contribution is -2.30. The molecule has 192 valence electrons. The fourth-order valence-electron chi connectivity index (χ4n) is 4.65. The van der Waals surface area contributed by atoms with Crippen molar-refractivity contribution in [1.82, 2.24) is 0 Å². The van der Waals surface area contributed by atoms with Gasteiger partial charge in [-0.1, -0.05) is 149 Å². The lowest BCUT2D eigenvalue weighted by molar-refractivity contribution is -0.156. The van der Waals surface area contributed by atoms with Gasteiger partial charge < -0.3 is 4.74 Å². The third-order valence-corrected chi connectivity index (χ3v) is 7.14. The SMILES string of the molecule is CCCCCCCCCCCCC(C)(CCCC)C(=O)OCCCCCCCCCCC. The molecule has 0 saturated carbocycles. The summed E-state index contributed by atoms with van der Waals surface area (Å²) in [5.41, 5.74) is -0.268. The van der Waals surface area contributed by atoms with Gasteiger partial charge in [0.05, 0.1) is 12.0 Å². The van der Waals surface area contributed by atoms with Gasteiger partial charge in [-0.2, -0.15) is 0 Å². The zero-order chi connectivity index (χ0) is 23.8. The molecule has 0 saturated heterocycles. The van der Waals surface area contributed by atoms with Gasteiger partial charge in [-0.25, -0.2) is 0 Å². The van der Waals surface area contributed by atoms with Gasteiger partial charge in [0.25, 0.3) is 0 Å². The van der Waals surface area contributed by atoms with E-state index in [1.165, 1.54) is 116 Å². The Morgan fingerprint density at radius 2 is 0.844 bits per heavy atom. The van der Waals surface area contributed by atoms with Gasteiger partial charge >= 0.3 is 5.97 Å². The summed E-state index contributed by atoms with van der Waals surface area (Å²) in [5.74, 6) is 0.0708. The molecule has 0 aliphatic carbocycles. The van der Waals surface area contributed by atoms with Crippen LogP contribution in [-0.2, 0) is 9.53 Å². The van der Waals surface area contributed by atoms with Crippen molar-refractivity contribution in [3.63, 3.8) is 0 Å². The Kier molecular flexibility index (Phi) is 23.2. The fourth-order valence-corrected chi connectivity index (χ4v) is 4.65. The number of carbonyl (C=O) groups excluding carboxylic acids is 1. The number of esters is 1. The maximum Gasteiger partial charge on any atom is 0.311 e. The van der Waals surface area contributed by atoms with Crippen LogP contribution < -0.4 is 0 Å². The van der Waals surface area contributed by atoms with E-state index in [1.54, 1.807) is 0 Å². The second-order valence-corrected chi connectivity index (χ2v) is 10.6. The number of hydrogen-bond donors (Lipinski definition) is 0. The van der Waals surface area contributed by atoms with Gasteiger partial charge in [-0.15, -0.1) is 0 Å². The molecular weight excluding hydrogens is 392 g/mol.